The summed E-state index contributed by atoms with van der Waals surface area (Å²) in [6.07, 6.45) is 6.01. The van der Waals surface area contributed by atoms with E-state index in [-0.39, 0.29) is 5.91 Å². The van der Waals surface area contributed by atoms with Gasteiger partial charge in [0, 0.05) is 45.0 Å². The summed E-state index contributed by atoms with van der Waals surface area (Å²) in [5, 5.41) is 4.24. The van der Waals surface area contributed by atoms with Gasteiger partial charge in [-0.2, -0.15) is 5.10 Å². The van der Waals surface area contributed by atoms with Crippen LogP contribution in [0.4, 0.5) is 0 Å². The quantitative estimate of drug-likeness (QED) is 0.803. The molecule has 1 aliphatic rings. The summed E-state index contributed by atoms with van der Waals surface area (Å²) in [6, 6.07) is 2.57. The maximum atomic E-state index is 11.3. The molecule has 1 saturated heterocycles. The Morgan fingerprint density at radius 2 is 2.16 bits per heavy atom. The van der Waals surface area contributed by atoms with Crippen LogP contribution in [0, 0.1) is 0 Å². The van der Waals surface area contributed by atoms with Gasteiger partial charge >= 0.3 is 0 Å². The van der Waals surface area contributed by atoms with Crippen molar-refractivity contribution in [2.24, 2.45) is 0 Å². The van der Waals surface area contributed by atoms with Gasteiger partial charge in [0.25, 0.3) is 0 Å². The molecular formula is C14H24N4O. The zero-order valence-corrected chi connectivity index (χ0v) is 12.0. The van der Waals surface area contributed by atoms with Crippen LogP contribution in [0.15, 0.2) is 18.5 Å². The van der Waals surface area contributed by atoms with Crippen LogP contribution in [0.2, 0.25) is 0 Å². The number of piperidine rings is 1. The van der Waals surface area contributed by atoms with E-state index in [1.54, 1.807) is 6.92 Å². The number of likely N-dealkylation sites (tertiary alicyclic amines) is 1. The van der Waals surface area contributed by atoms with Crippen molar-refractivity contribution in [2.45, 2.75) is 39.3 Å². The van der Waals surface area contributed by atoms with Crippen molar-refractivity contribution in [3.8, 4) is 0 Å². The minimum Gasteiger partial charge on any atom is -0.343 e. The minimum atomic E-state index is 0.207. The van der Waals surface area contributed by atoms with Gasteiger partial charge in [0.2, 0.25) is 5.91 Å². The molecular weight excluding hydrogens is 240 g/mol. The molecule has 1 fully saturated rings. The standard InChI is InChI=1S/C14H24N4O/c1-3-16(11-12-18-8-4-7-15-18)14-5-9-17(10-6-14)13(2)19/h4,7-8,14H,3,5-6,9-12H2,1-2H3. The van der Waals surface area contributed by atoms with Crippen molar-refractivity contribution >= 4 is 5.91 Å². The summed E-state index contributed by atoms with van der Waals surface area (Å²) in [7, 11) is 0. The topological polar surface area (TPSA) is 41.4 Å². The largest absolute Gasteiger partial charge is 0.343 e. The third kappa shape index (κ3) is 3.80. The summed E-state index contributed by atoms with van der Waals surface area (Å²) < 4.78 is 1.98. The van der Waals surface area contributed by atoms with E-state index >= 15 is 0 Å². The molecule has 0 atom stereocenters. The van der Waals surface area contributed by atoms with Crippen molar-refractivity contribution in [2.75, 3.05) is 26.2 Å². The Hall–Kier alpha value is -1.36. The number of nitrogens with zero attached hydrogens (tertiary/aromatic N) is 4. The lowest BCUT2D eigenvalue weighted by Crippen LogP contribution is -2.47. The number of rotatable bonds is 5. The smallest absolute Gasteiger partial charge is 0.219 e. The zero-order chi connectivity index (χ0) is 13.7. The Bertz CT molecular complexity index is 382. The molecule has 0 bridgehead atoms. The molecule has 0 aromatic carbocycles. The van der Waals surface area contributed by atoms with E-state index in [1.807, 2.05) is 28.0 Å². The molecule has 0 saturated carbocycles. The highest BCUT2D eigenvalue weighted by Gasteiger charge is 2.24. The molecule has 1 aromatic heterocycles. The molecule has 2 heterocycles. The Kier molecular flexibility index (Phi) is 4.96. The molecule has 106 valence electrons. The molecule has 0 spiro atoms. The van der Waals surface area contributed by atoms with Crippen molar-refractivity contribution in [3.63, 3.8) is 0 Å². The highest BCUT2D eigenvalue weighted by Crippen LogP contribution is 2.16. The summed E-state index contributed by atoms with van der Waals surface area (Å²) in [4.78, 5) is 15.8. The first kappa shape index (κ1) is 14.1. The molecule has 5 nitrogen and oxygen atoms in total. The van der Waals surface area contributed by atoms with Crippen LogP contribution in [0.1, 0.15) is 26.7 Å². The molecule has 2 rings (SSSR count). The van der Waals surface area contributed by atoms with Crippen molar-refractivity contribution in [1.82, 2.24) is 19.6 Å². The van der Waals surface area contributed by atoms with E-state index in [2.05, 4.69) is 16.9 Å². The lowest BCUT2D eigenvalue weighted by Gasteiger charge is -2.37. The normalized spacial score (nSPS) is 17.1. The van der Waals surface area contributed by atoms with Gasteiger partial charge < -0.3 is 4.90 Å². The maximum Gasteiger partial charge on any atom is 0.219 e. The van der Waals surface area contributed by atoms with E-state index in [0.717, 1.165) is 45.6 Å². The van der Waals surface area contributed by atoms with Crippen LogP contribution < -0.4 is 0 Å². The SMILES string of the molecule is CCN(CCn1cccn1)C1CCN(C(C)=O)CC1. The van der Waals surface area contributed by atoms with Crippen LogP contribution in [0.3, 0.4) is 0 Å². The van der Waals surface area contributed by atoms with E-state index in [4.69, 9.17) is 0 Å². The Morgan fingerprint density at radius 1 is 1.42 bits per heavy atom. The monoisotopic (exact) mass is 264 g/mol. The number of hydrogen-bond acceptors (Lipinski definition) is 3. The fraction of sp³-hybridized carbons (Fsp3) is 0.714. The van der Waals surface area contributed by atoms with Gasteiger partial charge in [-0.15, -0.1) is 0 Å². The van der Waals surface area contributed by atoms with E-state index in [1.165, 1.54) is 0 Å². The first-order valence-corrected chi connectivity index (χ1v) is 7.17. The molecule has 0 aliphatic carbocycles. The first-order valence-electron chi connectivity index (χ1n) is 7.17. The predicted molar refractivity (Wildman–Crippen MR) is 74.8 cm³/mol. The summed E-state index contributed by atoms with van der Waals surface area (Å²) in [5.41, 5.74) is 0. The van der Waals surface area contributed by atoms with E-state index in [9.17, 15) is 4.79 Å². The molecule has 5 heteroatoms. The summed E-state index contributed by atoms with van der Waals surface area (Å²) in [5.74, 6) is 0.207. The zero-order valence-electron chi connectivity index (χ0n) is 12.0. The van der Waals surface area contributed by atoms with Crippen molar-refractivity contribution in [3.05, 3.63) is 18.5 Å². The number of aromatic nitrogens is 2. The van der Waals surface area contributed by atoms with Gasteiger partial charge in [0.05, 0.1) is 6.54 Å². The predicted octanol–water partition coefficient (Wildman–Crippen LogP) is 1.22. The Labute approximate surface area is 115 Å². The highest BCUT2D eigenvalue weighted by molar-refractivity contribution is 5.73. The molecule has 19 heavy (non-hydrogen) atoms. The fourth-order valence-electron chi connectivity index (χ4n) is 2.81. The number of hydrogen-bond donors (Lipinski definition) is 0. The molecule has 0 unspecified atom stereocenters. The average molecular weight is 264 g/mol. The van der Waals surface area contributed by atoms with Crippen molar-refractivity contribution in [1.29, 1.82) is 0 Å². The second-order valence-corrected chi connectivity index (χ2v) is 5.13. The van der Waals surface area contributed by atoms with E-state index < -0.39 is 0 Å². The van der Waals surface area contributed by atoms with Crippen molar-refractivity contribution < 1.29 is 4.79 Å². The van der Waals surface area contributed by atoms with Gasteiger partial charge in [-0.05, 0) is 25.5 Å². The Morgan fingerprint density at radius 3 is 2.68 bits per heavy atom. The fourth-order valence-corrected chi connectivity index (χ4v) is 2.81. The van der Waals surface area contributed by atoms with Crippen LogP contribution in [-0.4, -0.2) is 57.7 Å². The summed E-state index contributed by atoms with van der Waals surface area (Å²) >= 11 is 0. The minimum absolute atomic E-state index is 0.207. The van der Waals surface area contributed by atoms with Gasteiger partial charge in [0.1, 0.15) is 0 Å². The molecule has 1 aromatic rings. The number of amides is 1. The Balaban J connectivity index is 1.80. The van der Waals surface area contributed by atoms with Crippen LogP contribution in [0.25, 0.3) is 0 Å². The molecule has 0 radical (unpaired) electrons. The lowest BCUT2D eigenvalue weighted by molar-refractivity contribution is -0.130. The second-order valence-electron chi connectivity index (χ2n) is 5.13. The number of carbonyl (C=O) groups excluding carboxylic acids is 1. The lowest BCUT2D eigenvalue weighted by atomic mass is 10.0. The van der Waals surface area contributed by atoms with Gasteiger partial charge in [0.15, 0.2) is 0 Å². The van der Waals surface area contributed by atoms with Gasteiger partial charge in [-0.3, -0.25) is 14.4 Å². The van der Waals surface area contributed by atoms with Crippen LogP contribution in [-0.2, 0) is 11.3 Å². The van der Waals surface area contributed by atoms with Gasteiger partial charge in [-0.25, -0.2) is 0 Å². The number of likely N-dealkylation sites (N-methyl/N-ethyl adjacent to an activating group) is 1. The molecule has 0 N–H and O–H groups in total. The van der Waals surface area contributed by atoms with E-state index in [0.29, 0.717) is 6.04 Å². The molecule has 1 aliphatic heterocycles. The highest BCUT2D eigenvalue weighted by atomic mass is 16.2. The first-order chi connectivity index (χ1) is 9.20. The van der Waals surface area contributed by atoms with Crippen LogP contribution >= 0.6 is 0 Å². The number of carbonyl (C=O) groups is 1. The summed E-state index contributed by atoms with van der Waals surface area (Å²) in [6.45, 7) is 8.70. The average Bonchev–Trinajstić information content (AvgIpc) is 2.93. The second kappa shape index (κ2) is 6.70. The third-order valence-electron chi connectivity index (χ3n) is 4.01. The van der Waals surface area contributed by atoms with Crippen LogP contribution in [0.5, 0.6) is 0 Å². The third-order valence-corrected chi connectivity index (χ3v) is 4.01. The molecule has 1 amide bonds. The van der Waals surface area contributed by atoms with Gasteiger partial charge in [-0.1, -0.05) is 6.92 Å². The maximum absolute atomic E-state index is 11.3.